The summed E-state index contributed by atoms with van der Waals surface area (Å²) in [5.41, 5.74) is 3.23. The molecular weight excluding hydrogens is 208 g/mol. The van der Waals surface area contributed by atoms with Crippen LogP contribution >= 0.6 is 0 Å². The number of rotatable bonds is 2. The summed E-state index contributed by atoms with van der Waals surface area (Å²) < 4.78 is 0. The lowest BCUT2D eigenvalue weighted by Crippen LogP contribution is -2.33. The van der Waals surface area contributed by atoms with Gasteiger partial charge in [0.2, 0.25) is 0 Å². The van der Waals surface area contributed by atoms with Crippen molar-refractivity contribution in [2.45, 2.75) is 45.1 Å². The van der Waals surface area contributed by atoms with Gasteiger partial charge in [-0.2, -0.15) is 5.26 Å². The third kappa shape index (κ3) is 2.61. The van der Waals surface area contributed by atoms with Crippen LogP contribution in [-0.2, 0) is 0 Å². The maximum Gasteiger partial charge on any atom is 0.0991 e. The maximum atomic E-state index is 8.88. The fourth-order valence-corrected chi connectivity index (χ4v) is 2.79. The van der Waals surface area contributed by atoms with Gasteiger partial charge in [-0.05, 0) is 43.5 Å². The predicted molar refractivity (Wildman–Crippen MR) is 71.2 cm³/mol. The molecular formula is C15H20N2. The molecule has 0 radical (unpaired) electrons. The lowest BCUT2D eigenvalue weighted by molar-refractivity contribution is 0.427. The largest absolute Gasteiger partial charge is 0.371 e. The van der Waals surface area contributed by atoms with Gasteiger partial charge in [0.25, 0.3) is 0 Å². The zero-order chi connectivity index (χ0) is 12.3. The minimum atomic E-state index is 0.676. The molecule has 0 aliphatic heterocycles. The number of benzene rings is 1. The van der Waals surface area contributed by atoms with Gasteiger partial charge in [0.15, 0.2) is 0 Å². The highest BCUT2D eigenvalue weighted by Crippen LogP contribution is 2.28. The van der Waals surface area contributed by atoms with E-state index in [0.717, 1.165) is 5.56 Å². The van der Waals surface area contributed by atoms with Crippen LogP contribution in [0, 0.1) is 18.3 Å². The van der Waals surface area contributed by atoms with Gasteiger partial charge in [0.1, 0.15) is 0 Å². The van der Waals surface area contributed by atoms with Crippen molar-refractivity contribution in [3.8, 4) is 6.07 Å². The molecule has 0 N–H and O–H groups in total. The Kier molecular flexibility index (Phi) is 3.68. The summed E-state index contributed by atoms with van der Waals surface area (Å²) >= 11 is 0. The minimum absolute atomic E-state index is 0.676. The van der Waals surface area contributed by atoms with Crippen LogP contribution in [0.3, 0.4) is 0 Å². The van der Waals surface area contributed by atoms with E-state index in [0.29, 0.717) is 6.04 Å². The second kappa shape index (κ2) is 5.23. The van der Waals surface area contributed by atoms with Crippen LogP contribution in [0.4, 0.5) is 5.69 Å². The van der Waals surface area contributed by atoms with Crippen molar-refractivity contribution in [3.05, 3.63) is 29.3 Å². The summed E-state index contributed by atoms with van der Waals surface area (Å²) in [6.45, 7) is 2.09. The first-order valence-corrected chi connectivity index (χ1v) is 6.46. The second-order valence-electron chi connectivity index (χ2n) is 5.02. The predicted octanol–water partition coefficient (Wildman–Crippen LogP) is 3.64. The smallest absolute Gasteiger partial charge is 0.0991 e. The highest BCUT2D eigenvalue weighted by molar-refractivity contribution is 5.56. The Bertz CT molecular complexity index is 425. The van der Waals surface area contributed by atoms with E-state index in [1.54, 1.807) is 0 Å². The molecule has 0 amide bonds. The summed E-state index contributed by atoms with van der Waals surface area (Å²) in [5.74, 6) is 0. The molecule has 17 heavy (non-hydrogen) atoms. The Morgan fingerprint density at radius 2 is 1.94 bits per heavy atom. The molecule has 0 atom stereocenters. The van der Waals surface area contributed by atoms with E-state index >= 15 is 0 Å². The molecule has 1 saturated carbocycles. The van der Waals surface area contributed by atoms with Crippen molar-refractivity contribution in [2.24, 2.45) is 0 Å². The SMILES string of the molecule is Cc1cc(C#N)ccc1N(C)C1CCCCC1. The molecule has 0 heterocycles. The number of anilines is 1. The van der Waals surface area contributed by atoms with E-state index in [1.165, 1.54) is 43.4 Å². The second-order valence-corrected chi connectivity index (χ2v) is 5.02. The van der Waals surface area contributed by atoms with Crippen molar-refractivity contribution in [1.29, 1.82) is 5.26 Å². The molecule has 2 nitrogen and oxygen atoms in total. The van der Waals surface area contributed by atoms with E-state index in [9.17, 15) is 0 Å². The average Bonchev–Trinajstić information content (AvgIpc) is 2.39. The molecule has 1 aliphatic rings. The van der Waals surface area contributed by atoms with Gasteiger partial charge in [-0.3, -0.25) is 0 Å². The van der Waals surface area contributed by atoms with Gasteiger partial charge in [-0.25, -0.2) is 0 Å². The maximum absolute atomic E-state index is 8.88. The molecule has 1 aromatic carbocycles. The van der Waals surface area contributed by atoms with Gasteiger partial charge in [-0.15, -0.1) is 0 Å². The fraction of sp³-hybridized carbons (Fsp3) is 0.533. The number of aryl methyl sites for hydroxylation is 1. The van der Waals surface area contributed by atoms with Crippen molar-refractivity contribution >= 4 is 5.69 Å². The molecule has 0 spiro atoms. The van der Waals surface area contributed by atoms with E-state index in [4.69, 9.17) is 5.26 Å². The first-order valence-electron chi connectivity index (χ1n) is 6.46. The third-order valence-corrected chi connectivity index (χ3v) is 3.83. The molecule has 0 aromatic heterocycles. The molecule has 2 rings (SSSR count). The molecule has 0 saturated heterocycles. The quantitative estimate of drug-likeness (QED) is 0.772. The topological polar surface area (TPSA) is 27.0 Å². The Labute approximate surface area is 104 Å². The fourth-order valence-electron chi connectivity index (χ4n) is 2.79. The van der Waals surface area contributed by atoms with Crippen LogP contribution < -0.4 is 4.90 Å². The summed E-state index contributed by atoms with van der Waals surface area (Å²) in [4.78, 5) is 2.40. The zero-order valence-electron chi connectivity index (χ0n) is 10.7. The van der Waals surface area contributed by atoms with E-state index in [1.807, 2.05) is 12.1 Å². The highest BCUT2D eigenvalue weighted by atomic mass is 15.1. The summed E-state index contributed by atoms with van der Waals surface area (Å²) in [5, 5.41) is 8.88. The van der Waals surface area contributed by atoms with Crippen LogP contribution in [0.15, 0.2) is 18.2 Å². The van der Waals surface area contributed by atoms with Crippen molar-refractivity contribution in [2.75, 3.05) is 11.9 Å². The molecule has 1 aromatic rings. The average molecular weight is 228 g/mol. The first-order chi connectivity index (χ1) is 8.22. The monoisotopic (exact) mass is 228 g/mol. The standard InChI is InChI=1S/C15H20N2/c1-12-10-13(11-16)8-9-15(12)17(2)14-6-4-3-5-7-14/h8-10,14H,3-7H2,1-2H3. The van der Waals surface area contributed by atoms with Crippen molar-refractivity contribution < 1.29 is 0 Å². The normalized spacial score (nSPS) is 16.5. The number of nitrogens with zero attached hydrogens (tertiary/aromatic N) is 2. The van der Waals surface area contributed by atoms with Crippen molar-refractivity contribution in [3.63, 3.8) is 0 Å². The number of hydrogen-bond acceptors (Lipinski definition) is 2. The molecule has 90 valence electrons. The zero-order valence-corrected chi connectivity index (χ0v) is 10.7. The van der Waals surface area contributed by atoms with E-state index in [2.05, 4.69) is 31.0 Å². The van der Waals surface area contributed by atoms with Crippen LogP contribution in [0.1, 0.15) is 43.2 Å². The van der Waals surface area contributed by atoms with Crippen LogP contribution in [0.2, 0.25) is 0 Å². The van der Waals surface area contributed by atoms with Gasteiger partial charge >= 0.3 is 0 Å². The van der Waals surface area contributed by atoms with Gasteiger partial charge in [-0.1, -0.05) is 19.3 Å². The Morgan fingerprint density at radius 1 is 1.24 bits per heavy atom. The van der Waals surface area contributed by atoms with Gasteiger partial charge in [0.05, 0.1) is 11.6 Å². The number of nitriles is 1. The minimum Gasteiger partial charge on any atom is -0.371 e. The summed E-state index contributed by atoms with van der Waals surface area (Å²) in [7, 11) is 2.18. The summed E-state index contributed by atoms with van der Waals surface area (Å²) in [6, 6.07) is 8.86. The Morgan fingerprint density at radius 3 is 2.53 bits per heavy atom. The first kappa shape index (κ1) is 12.0. The molecule has 1 aliphatic carbocycles. The van der Waals surface area contributed by atoms with Crippen LogP contribution in [0.25, 0.3) is 0 Å². The third-order valence-electron chi connectivity index (χ3n) is 3.83. The van der Waals surface area contributed by atoms with Crippen LogP contribution in [0.5, 0.6) is 0 Å². The van der Waals surface area contributed by atoms with Crippen LogP contribution in [-0.4, -0.2) is 13.1 Å². The van der Waals surface area contributed by atoms with Gasteiger partial charge < -0.3 is 4.90 Å². The molecule has 0 bridgehead atoms. The number of hydrogen-bond donors (Lipinski definition) is 0. The lowest BCUT2D eigenvalue weighted by atomic mass is 9.93. The Hall–Kier alpha value is -1.49. The molecule has 2 heteroatoms. The van der Waals surface area contributed by atoms with Crippen molar-refractivity contribution in [1.82, 2.24) is 0 Å². The van der Waals surface area contributed by atoms with E-state index in [-0.39, 0.29) is 0 Å². The van der Waals surface area contributed by atoms with Gasteiger partial charge in [0, 0.05) is 18.8 Å². The molecule has 1 fully saturated rings. The van der Waals surface area contributed by atoms with E-state index < -0.39 is 0 Å². The lowest BCUT2D eigenvalue weighted by Gasteiger charge is -2.34. The molecule has 0 unspecified atom stereocenters. The summed E-state index contributed by atoms with van der Waals surface area (Å²) in [6.07, 6.45) is 6.69. The Balaban J connectivity index is 2.18. The highest BCUT2D eigenvalue weighted by Gasteiger charge is 2.19.